The van der Waals surface area contributed by atoms with Gasteiger partial charge in [-0.3, -0.25) is 19.3 Å². The van der Waals surface area contributed by atoms with Gasteiger partial charge in [0, 0.05) is 30.6 Å². The Morgan fingerprint density at radius 3 is 2.07 bits per heavy atom. The number of benzene rings is 2. The molecule has 0 aliphatic rings. The van der Waals surface area contributed by atoms with E-state index in [2.05, 4.69) is 9.71 Å². The molecule has 6 nitrogen and oxygen atoms in total. The summed E-state index contributed by atoms with van der Waals surface area (Å²) in [4.78, 5) is 27.1. The van der Waals surface area contributed by atoms with E-state index in [1.165, 1.54) is 43.3 Å². The van der Waals surface area contributed by atoms with E-state index >= 15 is 0 Å². The van der Waals surface area contributed by atoms with Gasteiger partial charge in [0.05, 0.1) is 10.6 Å². The van der Waals surface area contributed by atoms with Crippen molar-refractivity contribution in [2.45, 2.75) is 11.8 Å². The molecule has 3 aromatic rings. The van der Waals surface area contributed by atoms with Crippen LogP contribution in [0.1, 0.15) is 17.3 Å². The van der Waals surface area contributed by atoms with Gasteiger partial charge in [0.1, 0.15) is 0 Å². The minimum Gasteiger partial charge on any atom is -0.293 e. The van der Waals surface area contributed by atoms with E-state index in [0.717, 1.165) is 22.9 Å². The van der Waals surface area contributed by atoms with Gasteiger partial charge in [-0.15, -0.1) is 0 Å². The lowest BCUT2D eigenvalue weighted by atomic mass is 10.1. The third kappa shape index (κ3) is 5.52. The smallest absolute Gasteiger partial charge is 0.261 e. The molecule has 1 aromatic heterocycles. The number of sulfonamides is 1. The van der Waals surface area contributed by atoms with E-state index in [4.69, 9.17) is 0 Å². The molecule has 0 saturated heterocycles. The molecular formula is C21H18N2O4S2. The highest BCUT2D eigenvalue weighted by Gasteiger charge is 2.15. The van der Waals surface area contributed by atoms with Gasteiger partial charge >= 0.3 is 0 Å². The summed E-state index contributed by atoms with van der Waals surface area (Å²) < 4.78 is 27.7. The van der Waals surface area contributed by atoms with Crippen LogP contribution in [0.15, 0.2) is 78.0 Å². The van der Waals surface area contributed by atoms with Crippen LogP contribution >= 0.6 is 11.8 Å². The highest BCUT2D eigenvalue weighted by Crippen LogP contribution is 2.22. The molecule has 0 saturated carbocycles. The second-order valence-electron chi connectivity index (χ2n) is 6.15. The molecule has 29 heavy (non-hydrogen) atoms. The first-order valence-electron chi connectivity index (χ1n) is 8.65. The molecule has 0 radical (unpaired) electrons. The molecular weight excluding hydrogens is 408 g/mol. The van der Waals surface area contributed by atoms with Gasteiger partial charge in [-0.05, 0) is 59.7 Å². The fourth-order valence-corrected chi connectivity index (χ4v) is 4.12. The maximum Gasteiger partial charge on any atom is 0.261 e. The molecule has 0 unspecified atom stereocenters. The molecule has 2 aromatic carbocycles. The lowest BCUT2D eigenvalue weighted by molar-refractivity contribution is -0.109. The summed E-state index contributed by atoms with van der Waals surface area (Å²) >= 11 is 0.942. The number of carbonyl (C=O) groups is 2. The molecule has 0 amide bonds. The number of nitrogens with zero attached hydrogens (tertiary/aromatic N) is 1. The maximum atomic E-state index is 12.6. The van der Waals surface area contributed by atoms with Crippen LogP contribution in [0.3, 0.4) is 0 Å². The number of carbonyl (C=O) groups excluding carboxylic acids is 2. The second-order valence-corrected chi connectivity index (χ2v) is 8.98. The normalized spacial score (nSPS) is 11.1. The lowest BCUT2D eigenvalue weighted by Gasteiger charge is -2.09. The Labute approximate surface area is 173 Å². The number of aromatic nitrogens is 1. The second kappa shape index (κ2) is 9.02. The van der Waals surface area contributed by atoms with Crippen molar-refractivity contribution in [1.82, 2.24) is 4.98 Å². The molecule has 148 valence electrons. The number of anilines is 1. The van der Waals surface area contributed by atoms with Crippen LogP contribution in [-0.2, 0) is 14.8 Å². The van der Waals surface area contributed by atoms with Crippen molar-refractivity contribution in [3.05, 3.63) is 78.6 Å². The van der Waals surface area contributed by atoms with Gasteiger partial charge in [0.15, 0.2) is 10.9 Å². The van der Waals surface area contributed by atoms with Gasteiger partial charge in [0.25, 0.3) is 10.0 Å². The zero-order chi connectivity index (χ0) is 20.9. The zero-order valence-electron chi connectivity index (χ0n) is 15.5. The van der Waals surface area contributed by atoms with Crippen LogP contribution in [-0.4, -0.2) is 30.1 Å². The largest absolute Gasteiger partial charge is 0.293 e. The van der Waals surface area contributed by atoms with Crippen LogP contribution < -0.4 is 4.72 Å². The quantitative estimate of drug-likeness (QED) is 0.574. The molecule has 0 atom stereocenters. The van der Waals surface area contributed by atoms with Gasteiger partial charge in [-0.25, -0.2) is 8.42 Å². The van der Waals surface area contributed by atoms with E-state index in [0.29, 0.717) is 11.3 Å². The summed E-state index contributed by atoms with van der Waals surface area (Å²) in [6.07, 6.45) is 3.35. The number of hydrogen-bond donors (Lipinski definition) is 1. The van der Waals surface area contributed by atoms with E-state index in [-0.39, 0.29) is 21.5 Å². The Balaban J connectivity index is 1.70. The minimum atomic E-state index is -3.76. The molecule has 1 heterocycles. The summed E-state index contributed by atoms with van der Waals surface area (Å²) in [5.74, 6) is -0.129. The third-order valence-electron chi connectivity index (χ3n) is 4.04. The number of ketones is 1. The number of hydrogen-bond acceptors (Lipinski definition) is 6. The Bertz CT molecular complexity index is 1110. The van der Waals surface area contributed by atoms with Crippen molar-refractivity contribution in [1.29, 1.82) is 0 Å². The first kappa shape index (κ1) is 20.8. The average molecular weight is 427 g/mol. The fourth-order valence-electron chi connectivity index (χ4n) is 2.56. The van der Waals surface area contributed by atoms with Crippen LogP contribution in [0.25, 0.3) is 11.1 Å². The topological polar surface area (TPSA) is 93.2 Å². The molecule has 0 aliphatic heterocycles. The number of pyridine rings is 1. The molecule has 0 aliphatic carbocycles. The molecule has 0 spiro atoms. The lowest BCUT2D eigenvalue weighted by Crippen LogP contribution is -2.13. The van der Waals surface area contributed by atoms with Crippen molar-refractivity contribution in [2.24, 2.45) is 0 Å². The van der Waals surface area contributed by atoms with Crippen molar-refractivity contribution < 1.29 is 18.0 Å². The number of Topliss-reactive ketones (excluding diaryl/α,β-unsaturated/α-hetero) is 1. The number of thioether (sulfide) groups is 1. The van der Waals surface area contributed by atoms with Gasteiger partial charge in [-0.2, -0.15) is 0 Å². The van der Waals surface area contributed by atoms with E-state index in [1.807, 2.05) is 12.1 Å². The van der Waals surface area contributed by atoms with Crippen LogP contribution in [0.4, 0.5) is 5.69 Å². The maximum absolute atomic E-state index is 12.6. The Hall–Kier alpha value is -2.97. The number of nitrogens with one attached hydrogen (secondary N) is 1. The van der Waals surface area contributed by atoms with Crippen LogP contribution in [0.2, 0.25) is 0 Å². The van der Waals surface area contributed by atoms with E-state index < -0.39 is 10.0 Å². The fraction of sp³-hybridized carbons (Fsp3) is 0.0952. The zero-order valence-corrected chi connectivity index (χ0v) is 17.2. The summed E-state index contributed by atoms with van der Waals surface area (Å²) in [6, 6.07) is 16.4. The Morgan fingerprint density at radius 1 is 0.897 bits per heavy atom. The average Bonchev–Trinajstić information content (AvgIpc) is 2.73. The predicted molar refractivity (Wildman–Crippen MR) is 114 cm³/mol. The van der Waals surface area contributed by atoms with Crippen molar-refractivity contribution in [3.63, 3.8) is 0 Å². The molecule has 1 N–H and O–H groups in total. The third-order valence-corrected chi connectivity index (χ3v) is 6.25. The Morgan fingerprint density at radius 2 is 1.48 bits per heavy atom. The molecule has 8 heteroatoms. The Kier molecular flexibility index (Phi) is 6.46. The predicted octanol–water partition coefficient (Wildman–Crippen LogP) is 4.01. The van der Waals surface area contributed by atoms with Crippen molar-refractivity contribution in [2.75, 3.05) is 10.5 Å². The number of rotatable bonds is 7. The van der Waals surface area contributed by atoms with Crippen LogP contribution in [0, 0.1) is 0 Å². The highest BCUT2D eigenvalue weighted by molar-refractivity contribution is 8.14. The first-order chi connectivity index (χ1) is 13.8. The molecule has 0 bridgehead atoms. The van der Waals surface area contributed by atoms with Crippen molar-refractivity contribution in [3.8, 4) is 11.1 Å². The standard InChI is InChI=1S/C21H18N2O4S2/c1-15(24)28-14-21(25)18-2-6-19(7-3-18)23-29(26,27)20-8-4-16(5-9-20)17-10-12-22-13-11-17/h2-13,23H,14H2,1H3. The van der Waals surface area contributed by atoms with Gasteiger partial charge in [-0.1, -0.05) is 23.9 Å². The SMILES string of the molecule is CC(=O)SCC(=O)c1ccc(NS(=O)(=O)c2ccc(-c3ccncc3)cc2)cc1. The van der Waals surface area contributed by atoms with Crippen molar-refractivity contribution >= 4 is 38.4 Å². The summed E-state index contributed by atoms with van der Waals surface area (Å²) in [7, 11) is -3.76. The summed E-state index contributed by atoms with van der Waals surface area (Å²) in [5, 5.41) is -0.127. The molecule has 0 fully saturated rings. The molecule has 3 rings (SSSR count). The monoisotopic (exact) mass is 426 g/mol. The van der Waals surface area contributed by atoms with Crippen LogP contribution in [0.5, 0.6) is 0 Å². The first-order valence-corrected chi connectivity index (χ1v) is 11.1. The van der Waals surface area contributed by atoms with E-state index in [9.17, 15) is 18.0 Å². The van der Waals surface area contributed by atoms with Gasteiger partial charge in [0.2, 0.25) is 0 Å². The highest BCUT2D eigenvalue weighted by atomic mass is 32.2. The minimum absolute atomic E-state index is 0.0598. The summed E-state index contributed by atoms with van der Waals surface area (Å²) in [5.41, 5.74) is 2.60. The van der Waals surface area contributed by atoms with E-state index in [1.54, 1.807) is 24.5 Å². The van der Waals surface area contributed by atoms with Gasteiger partial charge < -0.3 is 0 Å². The summed E-state index contributed by atoms with van der Waals surface area (Å²) in [6.45, 7) is 1.40.